The van der Waals surface area contributed by atoms with E-state index in [0.717, 1.165) is 25.7 Å². The van der Waals surface area contributed by atoms with Crippen LogP contribution in [0.4, 0.5) is 0 Å². The Kier molecular flexibility index (Phi) is 3.60. The normalized spacial score (nSPS) is 27.5. The smallest absolute Gasteiger partial charge is 0.243 e. The second-order valence-corrected chi connectivity index (χ2v) is 8.01. The van der Waals surface area contributed by atoms with Gasteiger partial charge in [0, 0.05) is 19.1 Å². The van der Waals surface area contributed by atoms with Gasteiger partial charge in [0.25, 0.3) is 0 Å². The van der Waals surface area contributed by atoms with Gasteiger partial charge in [-0.25, -0.2) is 8.42 Å². The summed E-state index contributed by atoms with van der Waals surface area (Å²) in [6.07, 6.45) is 4.04. The van der Waals surface area contributed by atoms with Crippen LogP contribution in [0.3, 0.4) is 0 Å². The predicted octanol–water partition coefficient (Wildman–Crippen LogP) is 1.53. The topological polar surface area (TPSA) is 63.4 Å². The number of piperidine rings is 1. The average Bonchev–Trinajstić information content (AvgIpc) is 2.89. The van der Waals surface area contributed by atoms with Crippen LogP contribution in [0.1, 0.15) is 30.9 Å². The molecule has 0 bridgehead atoms. The minimum absolute atomic E-state index is 0.0621. The van der Waals surface area contributed by atoms with Gasteiger partial charge in [-0.1, -0.05) is 13.0 Å². The number of rotatable bonds is 2. The number of benzene rings is 1. The summed E-state index contributed by atoms with van der Waals surface area (Å²) in [5.41, 5.74) is 8.52. The molecule has 2 N–H and O–H groups in total. The van der Waals surface area contributed by atoms with Crippen molar-refractivity contribution in [3.63, 3.8) is 0 Å². The maximum Gasteiger partial charge on any atom is 0.243 e. The molecule has 5 heteroatoms. The first-order valence-electron chi connectivity index (χ1n) is 7.36. The zero-order valence-corrected chi connectivity index (χ0v) is 12.7. The fraction of sp³-hybridized carbons (Fsp3) is 0.600. The minimum atomic E-state index is -3.39. The lowest BCUT2D eigenvalue weighted by Crippen LogP contribution is -2.49. The first-order valence-corrected chi connectivity index (χ1v) is 8.80. The highest BCUT2D eigenvalue weighted by Gasteiger charge is 2.32. The van der Waals surface area contributed by atoms with Gasteiger partial charge in [0.2, 0.25) is 10.0 Å². The number of aryl methyl sites for hydroxylation is 2. The van der Waals surface area contributed by atoms with Crippen LogP contribution < -0.4 is 5.73 Å². The molecule has 1 aliphatic heterocycles. The maximum absolute atomic E-state index is 12.7. The molecule has 1 aromatic carbocycles. The molecule has 0 amide bonds. The molecule has 0 radical (unpaired) electrons. The third-order valence-corrected chi connectivity index (χ3v) is 6.55. The van der Waals surface area contributed by atoms with Crippen molar-refractivity contribution in [3.8, 4) is 0 Å². The molecule has 1 aromatic rings. The SMILES string of the molecule is CC1CCN(S(=O)(=O)c2ccc3c(c2)CCC3)CC1N. The molecule has 0 spiro atoms. The Labute approximate surface area is 121 Å². The van der Waals surface area contributed by atoms with Gasteiger partial charge in [-0.05, 0) is 54.9 Å². The Morgan fingerprint density at radius 1 is 1.25 bits per heavy atom. The highest BCUT2D eigenvalue weighted by atomic mass is 32.2. The van der Waals surface area contributed by atoms with Crippen molar-refractivity contribution >= 4 is 10.0 Å². The van der Waals surface area contributed by atoms with Crippen LogP contribution in [0.2, 0.25) is 0 Å². The van der Waals surface area contributed by atoms with Gasteiger partial charge < -0.3 is 5.73 Å². The largest absolute Gasteiger partial charge is 0.326 e. The molecule has 110 valence electrons. The van der Waals surface area contributed by atoms with Gasteiger partial charge in [-0.3, -0.25) is 0 Å². The molecule has 1 saturated heterocycles. The summed E-state index contributed by atoms with van der Waals surface area (Å²) in [7, 11) is -3.39. The summed E-state index contributed by atoms with van der Waals surface area (Å²) in [6, 6.07) is 5.53. The first-order chi connectivity index (χ1) is 9.48. The monoisotopic (exact) mass is 294 g/mol. The molecule has 20 heavy (non-hydrogen) atoms. The Balaban J connectivity index is 1.88. The predicted molar refractivity (Wildman–Crippen MR) is 79.0 cm³/mol. The van der Waals surface area contributed by atoms with Crippen molar-refractivity contribution < 1.29 is 8.42 Å². The molecular weight excluding hydrogens is 272 g/mol. The molecular formula is C15H22N2O2S. The van der Waals surface area contributed by atoms with Crippen LogP contribution in [0, 0.1) is 5.92 Å². The van der Waals surface area contributed by atoms with E-state index in [9.17, 15) is 8.42 Å². The van der Waals surface area contributed by atoms with E-state index in [4.69, 9.17) is 5.73 Å². The van der Waals surface area contributed by atoms with Crippen LogP contribution in [0.25, 0.3) is 0 Å². The molecule has 3 rings (SSSR count). The van der Waals surface area contributed by atoms with Crippen molar-refractivity contribution in [2.24, 2.45) is 11.7 Å². The summed E-state index contributed by atoms with van der Waals surface area (Å²) in [4.78, 5) is 0.430. The zero-order valence-electron chi connectivity index (χ0n) is 11.9. The minimum Gasteiger partial charge on any atom is -0.326 e. The number of sulfonamides is 1. The summed E-state index contributed by atoms with van der Waals surface area (Å²) in [5, 5.41) is 0. The van der Waals surface area contributed by atoms with E-state index in [-0.39, 0.29) is 6.04 Å². The highest BCUT2D eigenvalue weighted by Crippen LogP contribution is 2.28. The van der Waals surface area contributed by atoms with E-state index >= 15 is 0 Å². The van der Waals surface area contributed by atoms with E-state index in [2.05, 4.69) is 6.92 Å². The van der Waals surface area contributed by atoms with Crippen LogP contribution >= 0.6 is 0 Å². The van der Waals surface area contributed by atoms with Crippen molar-refractivity contribution in [1.82, 2.24) is 4.31 Å². The highest BCUT2D eigenvalue weighted by molar-refractivity contribution is 7.89. The molecule has 0 aromatic heterocycles. The van der Waals surface area contributed by atoms with E-state index < -0.39 is 10.0 Å². The Hall–Kier alpha value is -0.910. The van der Waals surface area contributed by atoms with Gasteiger partial charge in [-0.2, -0.15) is 4.31 Å². The lowest BCUT2D eigenvalue weighted by molar-refractivity contribution is 0.253. The van der Waals surface area contributed by atoms with E-state index in [1.807, 2.05) is 12.1 Å². The zero-order chi connectivity index (χ0) is 14.3. The molecule has 2 atom stereocenters. The Bertz CT molecular complexity index is 612. The molecule has 4 nitrogen and oxygen atoms in total. The molecule has 1 fully saturated rings. The molecule has 2 unspecified atom stereocenters. The van der Waals surface area contributed by atoms with Crippen LogP contribution in [-0.2, 0) is 22.9 Å². The molecule has 1 heterocycles. The van der Waals surface area contributed by atoms with Gasteiger partial charge >= 0.3 is 0 Å². The fourth-order valence-electron chi connectivity index (χ4n) is 3.14. The first kappa shape index (κ1) is 14.0. The summed E-state index contributed by atoms with van der Waals surface area (Å²) >= 11 is 0. The molecule has 0 saturated carbocycles. The van der Waals surface area contributed by atoms with Gasteiger partial charge in [0.05, 0.1) is 4.90 Å². The second-order valence-electron chi connectivity index (χ2n) is 6.08. The van der Waals surface area contributed by atoms with Gasteiger partial charge in [-0.15, -0.1) is 0 Å². The quantitative estimate of drug-likeness (QED) is 0.900. The lowest BCUT2D eigenvalue weighted by Gasteiger charge is -2.34. The van der Waals surface area contributed by atoms with Crippen molar-refractivity contribution in [3.05, 3.63) is 29.3 Å². The van der Waals surface area contributed by atoms with Crippen LogP contribution in [-0.4, -0.2) is 31.9 Å². The summed E-state index contributed by atoms with van der Waals surface area (Å²) in [6.45, 7) is 3.10. The third kappa shape index (κ3) is 2.38. The van der Waals surface area contributed by atoms with E-state index in [1.54, 1.807) is 10.4 Å². The van der Waals surface area contributed by atoms with Crippen molar-refractivity contribution in [2.45, 2.75) is 43.5 Å². The summed E-state index contributed by atoms with van der Waals surface area (Å²) in [5.74, 6) is 0.390. The number of nitrogens with zero attached hydrogens (tertiary/aromatic N) is 1. The third-order valence-electron chi connectivity index (χ3n) is 4.69. The lowest BCUT2D eigenvalue weighted by atomic mass is 9.96. The van der Waals surface area contributed by atoms with Crippen LogP contribution in [0.15, 0.2) is 23.1 Å². The van der Waals surface area contributed by atoms with Crippen molar-refractivity contribution in [2.75, 3.05) is 13.1 Å². The number of fused-ring (bicyclic) bond motifs is 1. The number of hydrogen-bond acceptors (Lipinski definition) is 3. The van der Waals surface area contributed by atoms with Crippen molar-refractivity contribution in [1.29, 1.82) is 0 Å². The fourth-order valence-corrected chi connectivity index (χ4v) is 4.69. The second kappa shape index (κ2) is 5.13. The molecule has 2 aliphatic rings. The maximum atomic E-state index is 12.7. The number of nitrogens with two attached hydrogens (primary N) is 1. The summed E-state index contributed by atoms with van der Waals surface area (Å²) < 4.78 is 27.0. The van der Waals surface area contributed by atoms with E-state index in [1.165, 1.54) is 11.1 Å². The Morgan fingerprint density at radius 3 is 2.75 bits per heavy atom. The van der Waals surface area contributed by atoms with Gasteiger partial charge in [0.15, 0.2) is 0 Å². The van der Waals surface area contributed by atoms with Gasteiger partial charge in [0.1, 0.15) is 0 Å². The Morgan fingerprint density at radius 2 is 2.00 bits per heavy atom. The van der Waals surface area contributed by atoms with Crippen LogP contribution in [0.5, 0.6) is 0 Å². The molecule has 1 aliphatic carbocycles. The standard InChI is InChI=1S/C15H22N2O2S/c1-11-7-8-17(10-15(11)16)20(18,19)14-6-5-12-3-2-4-13(12)9-14/h5-6,9,11,15H,2-4,7-8,10,16H2,1H3. The average molecular weight is 294 g/mol. The number of hydrogen-bond donors (Lipinski definition) is 1. The van der Waals surface area contributed by atoms with E-state index in [0.29, 0.717) is 23.9 Å².